The molecule has 0 unspecified atom stereocenters. The van der Waals surface area contributed by atoms with Gasteiger partial charge in [0, 0.05) is 29.8 Å². The number of urea groups is 1. The molecule has 0 saturated carbocycles. The average molecular weight is 364 g/mol. The first-order valence-electron chi connectivity index (χ1n) is 9.09. The van der Waals surface area contributed by atoms with Gasteiger partial charge in [0.15, 0.2) is 0 Å². The summed E-state index contributed by atoms with van der Waals surface area (Å²) in [5.41, 5.74) is 3.22. The number of amides is 2. The number of aromatic nitrogens is 3. The fourth-order valence-corrected chi connectivity index (χ4v) is 2.71. The van der Waals surface area contributed by atoms with Crippen molar-refractivity contribution in [3.05, 3.63) is 54.9 Å². The Bertz CT molecular complexity index is 874. The Kier molecular flexibility index (Phi) is 6.04. The summed E-state index contributed by atoms with van der Waals surface area (Å²) in [7, 11) is 0. The van der Waals surface area contributed by atoms with Crippen LogP contribution in [0.25, 0.3) is 11.4 Å². The Balaban J connectivity index is 1.67. The third-order valence-electron chi connectivity index (χ3n) is 4.23. The van der Waals surface area contributed by atoms with E-state index in [0.717, 1.165) is 29.9 Å². The highest BCUT2D eigenvalue weighted by molar-refractivity contribution is 5.90. The zero-order chi connectivity index (χ0) is 19.1. The molecule has 0 radical (unpaired) electrons. The third kappa shape index (κ3) is 5.07. The number of nitrogens with zero attached hydrogens (tertiary/aromatic N) is 2. The quantitative estimate of drug-likeness (QED) is 0.495. The van der Waals surface area contributed by atoms with Crippen molar-refractivity contribution >= 4 is 23.4 Å². The number of hydrogen-bond acceptors (Lipinski definition) is 4. The smallest absolute Gasteiger partial charge is 0.319 e. The summed E-state index contributed by atoms with van der Waals surface area (Å²) >= 11 is 0. The molecule has 0 fully saturated rings. The number of aromatic amines is 1. The van der Waals surface area contributed by atoms with E-state index < -0.39 is 0 Å². The van der Waals surface area contributed by atoms with Crippen LogP contribution in [0.3, 0.4) is 0 Å². The Morgan fingerprint density at radius 3 is 2.67 bits per heavy atom. The van der Waals surface area contributed by atoms with Crippen molar-refractivity contribution in [2.24, 2.45) is 0 Å². The molecule has 0 spiro atoms. The van der Waals surface area contributed by atoms with Crippen LogP contribution in [0.4, 0.5) is 22.1 Å². The molecule has 0 aliphatic rings. The van der Waals surface area contributed by atoms with Crippen molar-refractivity contribution < 1.29 is 4.79 Å². The summed E-state index contributed by atoms with van der Waals surface area (Å²) in [6.45, 7) is 4.11. The Labute approximate surface area is 158 Å². The number of nitrogens with one attached hydrogen (secondary N) is 4. The first-order chi connectivity index (χ1) is 13.2. The van der Waals surface area contributed by atoms with E-state index in [9.17, 15) is 4.79 Å². The number of benzene rings is 1. The summed E-state index contributed by atoms with van der Waals surface area (Å²) in [6.07, 6.45) is 5.36. The van der Waals surface area contributed by atoms with Gasteiger partial charge in [-0.3, -0.25) is 0 Å². The largest absolute Gasteiger partial charge is 0.360 e. The zero-order valence-corrected chi connectivity index (χ0v) is 15.5. The predicted molar refractivity (Wildman–Crippen MR) is 108 cm³/mol. The van der Waals surface area contributed by atoms with E-state index in [1.165, 1.54) is 0 Å². The van der Waals surface area contributed by atoms with Crippen LogP contribution in [0.1, 0.15) is 26.7 Å². The topological polar surface area (TPSA) is 94.7 Å². The molecule has 0 aliphatic carbocycles. The van der Waals surface area contributed by atoms with Gasteiger partial charge in [-0.2, -0.15) is 0 Å². The predicted octanol–water partition coefficient (Wildman–Crippen LogP) is 4.53. The van der Waals surface area contributed by atoms with E-state index in [-0.39, 0.29) is 12.1 Å². The van der Waals surface area contributed by atoms with Crippen molar-refractivity contribution in [1.29, 1.82) is 0 Å². The molecule has 1 aromatic carbocycles. The molecule has 2 amide bonds. The molecule has 0 bridgehead atoms. The first kappa shape index (κ1) is 18.4. The van der Waals surface area contributed by atoms with Crippen LogP contribution in [0.2, 0.25) is 0 Å². The van der Waals surface area contributed by atoms with Gasteiger partial charge in [-0.1, -0.05) is 19.9 Å². The second kappa shape index (κ2) is 8.84. The number of anilines is 3. The summed E-state index contributed by atoms with van der Waals surface area (Å²) < 4.78 is 0. The molecule has 4 N–H and O–H groups in total. The van der Waals surface area contributed by atoms with Crippen LogP contribution in [0, 0.1) is 0 Å². The number of carbonyl (C=O) groups excluding carboxylic acids is 1. The average Bonchev–Trinajstić information content (AvgIpc) is 3.21. The second-order valence-corrected chi connectivity index (χ2v) is 6.17. The summed E-state index contributed by atoms with van der Waals surface area (Å²) in [6, 6.07) is 13.1. The molecular formula is C20H24N6O. The molecule has 7 heteroatoms. The molecule has 0 atom stereocenters. The zero-order valence-electron chi connectivity index (χ0n) is 15.5. The maximum absolute atomic E-state index is 12.1. The molecule has 2 aromatic heterocycles. The molecule has 7 nitrogen and oxygen atoms in total. The lowest BCUT2D eigenvalue weighted by Crippen LogP contribution is -2.37. The van der Waals surface area contributed by atoms with Crippen LogP contribution in [0.15, 0.2) is 54.9 Å². The Morgan fingerprint density at radius 2 is 1.93 bits per heavy atom. The minimum Gasteiger partial charge on any atom is -0.360 e. The standard InChI is InChI=1S/C20H24N6O/c1-3-14(4-2)24-20(27)25-16-8-5-7-15(13-16)23-19-22-12-10-18(26-19)17-9-6-11-21-17/h5-14,21H,3-4H2,1-2H3,(H,22,23,26)(H2,24,25,27). The highest BCUT2D eigenvalue weighted by Crippen LogP contribution is 2.20. The first-order valence-corrected chi connectivity index (χ1v) is 9.09. The van der Waals surface area contributed by atoms with Crippen molar-refractivity contribution in [3.8, 4) is 11.4 Å². The van der Waals surface area contributed by atoms with E-state index in [0.29, 0.717) is 11.6 Å². The lowest BCUT2D eigenvalue weighted by atomic mass is 10.2. The highest BCUT2D eigenvalue weighted by atomic mass is 16.2. The van der Waals surface area contributed by atoms with Crippen molar-refractivity contribution in [2.75, 3.05) is 10.6 Å². The second-order valence-electron chi connectivity index (χ2n) is 6.17. The van der Waals surface area contributed by atoms with E-state index in [1.807, 2.05) is 48.7 Å². The van der Waals surface area contributed by atoms with E-state index in [1.54, 1.807) is 6.20 Å². The van der Waals surface area contributed by atoms with Gasteiger partial charge in [0.05, 0.1) is 11.4 Å². The third-order valence-corrected chi connectivity index (χ3v) is 4.23. The van der Waals surface area contributed by atoms with Crippen LogP contribution in [-0.2, 0) is 0 Å². The lowest BCUT2D eigenvalue weighted by molar-refractivity contribution is 0.247. The number of hydrogen-bond donors (Lipinski definition) is 4. The van der Waals surface area contributed by atoms with Crippen LogP contribution in [0.5, 0.6) is 0 Å². The van der Waals surface area contributed by atoms with Gasteiger partial charge in [0.1, 0.15) is 0 Å². The SMILES string of the molecule is CCC(CC)NC(=O)Nc1cccc(Nc2nccc(-c3ccc[nH]3)n2)c1. The van der Waals surface area contributed by atoms with Crippen LogP contribution < -0.4 is 16.0 Å². The summed E-state index contributed by atoms with van der Waals surface area (Å²) in [4.78, 5) is 24.0. The lowest BCUT2D eigenvalue weighted by Gasteiger charge is -2.15. The number of rotatable bonds is 7. The fourth-order valence-electron chi connectivity index (χ4n) is 2.71. The monoisotopic (exact) mass is 364 g/mol. The number of carbonyl (C=O) groups is 1. The van der Waals surface area contributed by atoms with Crippen molar-refractivity contribution in [1.82, 2.24) is 20.3 Å². The van der Waals surface area contributed by atoms with Gasteiger partial charge in [0.25, 0.3) is 0 Å². The van der Waals surface area contributed by atoms with Gasteiger partial charge in [-0.05, 0) is 49.2 Å². The highest BCUT2D eigenvalue weighted by Gasteiger charge is 2.09. The van der Waals surface area contributed by atoms with Gasteiger partial charge < -0.3 is 20.9 Å². The molecule has 3 rings (SSSR count). The van der Waals surface area contributed by atoms with Gasteiger partial charge in [-0.25, -0.2) is 14.8 Å². The van der Waals surface area contributed by atoms with E-state index in [4.69, 9.17) is 0 Å². The molecule has 0 aliphatic heterocycles. The summed E-state index contributed by atoms with van der Waals surface area (Å²) in [5, 5.41) is 9.00. The number of H-pyrrole nitrogens is 1. The molecule has 0 saturated heterocycles. The van der Waals surface area contributed by atoms with Gasteiger partial charge >= 0.3 is 6.03 Å². The van der Waals surface area contributed by atoms with Crippen molar-refractivity contribution in [2.45, 2.75) is 32.7 Å². The minimum absolute atomic E-state index is 0.176. The summed E-state index contributed by atoms with van der Waals surface area (Å²) in [5.74, 6) is 0.487. The maximum Gasteiger partial charge on any atom is 0.319 e. The van der Waals surface area contributed by atoms with E-state index >= 15 is 0 Å². The molecular weight excluding hydrogens is 340 g/mol. The van der Waals surface area contributed by atoms with Gasteiger partial charge in [0.2, 0.25) is 5.95 Å². The maximum atomic E-state index is 12.1. The van der Waals surface area contributed by atoms with Crippen LogP contribution in [-0.4, -0.2) is 27.0 Å². The minimum atomic E-state index is -0.203. The van der Waals surface area contributed by atoms with Gasteiger partial charge in [-0.15, -0.1) is 0 Å². The van der Waals surface area contributed by atoms with E-state index in [2.05, 4.69) is 44.7 Å². The molecule has 2 heterocycles. The normalized spacial score (nSPS) is 10.6. The van der Waals surface area contributed by atoms with Crippen molar-refractivity contribution in [3.63, 3.8) is 0 Å². The fraction of sp³-hybridized carbons (Fsp3) is 0.250. The molecule has 3 aromatic rings. The Hall–Kier alpha value is -3.35. The Morgan fingerprint density at radius 1 is 1.11 bits per heavy atom. The van der Waals surface area contributed by atoms with Crippen LogP contribution >= 0.6 is 0 Å². The molecule has 140 valence electrons. The molecule has 27 heavy (non-hydrogen) atoms.